The number of rotatable bonds is 6. The van der Waals surface area contributed by atoms with E-state index in [1.807, 2.05) is 0 Å². The van der Waals surface area contributed by atoms with E-state index in [2.05, 4.69) is 41.8 Å². The quantitative estimate of drug-likeness (QED) is 0.835. The first-order valence-corrected chi connectivity index (χ1v) is 7.80. The van der Waals surface area contributed by atoms with Gasteiger partial charge in [0.1, 0.15) is 0 Å². The fraction of sp³-hybridized carbons (Fsp3) is 0.588. The van der Waals surface area contributed by atoms with Crippen molar-refractivity contribution in [2.45, 2.75) is 57.0 Å². The predicted molar refractivity (Wildman–Crippen MR) is 80.7 cm³/mol. The second-order valence-corrected chi connectivity index (χ2v) is 6.32. The lowest BCUT2D eigenvalue weighted by Crippen LogP contribution is -2.41. The summed E-state index contributed by atoms with van der Waals surface area (Å²) in [7, 11) is 0. The molecule has 0 atom stereocenters. The number of aryl methyl sites for hydroxylation is 1. The minimum Gasteiger partial charge on any atom is -0.353 e. The summed E-state index contributed by atoms with van der Waals surface area (Å²) in [6.07, 6.45) is 5.35. The maximum Gasteiger partial charge on any atom is 0.221 e. The standard InChI is InChI=1S/C17H24N2O/c1-12-2-4-13(5-3-12)14-10-16(11-14)18-9-8-17(20)19-15-6-7-15/h2-5,14-16,18H,6-11H2,1H3,(H,19,20). The molecule has 2 saturated carbocycles. The Labute approximate surface area is 121 Å². The highest BCUT2D eigenvalue weighted by atomic mass is 16.1. The molecule has 20 heavy (non-hydrogen) atoms. The van der Waals surface area contributed by atoms with Crippen LogP contribution in [0.25, 0.3) is 0 Å². The van der Waals surface area contributed by atoms with Gasteiger partial charge in [-0.1, -0.05) is 29.8 Å². The summed E-state index contributed by atoms with van der Waals surface area (Å²) in [5.41, 5.74) is 2.78. The molecular weight excluding hydrogens is 248 g/mol. The average Bonchev–Trinajstić information content (AvgIpc) is 3.17. The van der Waals surface area contributed by atoms with Gasteiger partial charge in [-0.15, -0.1) is 0 Å². The number of benzene rings is 1. The molecule has 3 nitrogen and oxygen atoms in total. The van der Waals surface area contributed by atoms with Crippen molar-refractivity contribution in [3.05, 3.63) is 35.4 Å². The average molecular weight is 272 g/mol. The van der Waals surface area contributed by atoms with Gasteiger partial charge in [-0.3, -0.25) is 4.79 Å². The Balaban J connectivity index is 1.31. The summed E-state index contributed by atoms with van der Waals surface area (Å²) in [6.45, 7) is 2.94. The van der Waals surface area contributed by atoms with E-state index in [0.29, 0.717) is 24.4 Å². The third-order valence-electron chi connectivity index (χ3n) is 4.41. The molecule has 1 amide bonds. The topological polar surface area (TPSA) is 41.1 Å². The lowest BCUT2D eigenvalue weighted by molar-refractivity contribution is -0.121. The predicted octanol–water partition coefficient (Wildman–Crippen LogP) is 2.50. The molecule has 2 fully saturated rings. The summed E-state index contributed by atoms with van der Waals surface area (Å²) >= 11 is 0. The van der Waals surface area contributed by atoms with Gasteiger partial charge in [0.2, 0.25) is 5.91 Å². The van der Waals surface area contributed by atoms with Gasteiger partial charge in [0, 0.05) is 25.0 Å². The van der Waals surface area contributed by atoms with Crippen molar-refractivity contribution in [1.29, 1.82) is 0 Å². The number of amides is 1. The van der Waals surface area contributed by atoms with E-state index in [1.54, 1.807) is 0 Å². The van der Waals surface area contributed by atoms with Crippen molar-refractivity contribution in [1.82, 2.24) is 10.6 Å². The Morgan fingerprint density at radius 1 is 1.15 bits per heavy atom. The van der Waals surface area contributed by atoms with Gasteiger partial charge in [0.15, 0.2) is 0 Å². The summed E-state index contributed by atoms with van der Waals surface area (Å²) in [5.74, 6) is 0.905. The molecule has 0 saturated heterocycles. The molecule has 1 aromatic rings. The van der Waals surface area contributed by atoms with E-state index in [-0.39, 0.29) is 5.91 Å². The third-order valence-corrected chi connectivity index (χ3v) is 4.41. The lowest BCUT2D eigenvalue weighted by atomic mass is 9.76. The molecule has 2 aliphatic rings. The normalized spacial score (nSPS) is 25.1. The maximum atomic E-state index is 11.5. The molecule has 1 aromatic carbocycles. The highest BCUT2D eigenvalue weighted by molar-refractivity contribution is 5.76. The third kappa shape index (κ3) is 3.60. The molecule has 0 aliphatic heterocycles. The molecule has 0 aromatic heterocycles. The lowest BCUT2D eigenvalue weighted by Gasteiger charge is -2.36. The van der Waals surface area contributed by atoms with E-state index in [4.69, 9.17) is 0 Å². The van der Waals surface area contributed by atoms with Crippen LogP contribution < -0.4 is 10.6 Å². The van der Waals surface area contributed by atoms with E-state index in [9.17, 15) is 4.79 Å². The molecule has 2 N–H and O–H groups in total. The largest absolute Gasteiger partial charge is 0.353 e. The molecule has 0 heterocycles. The number of nitrogens with one attached hydrogen (secondary N) is 2. The van der Waals surface area contributed by atoms with Crippen LogP contribution in [0.3, 0.4) is 0 Å². The molecule has 0 bridgehead atoms. The zero-order chi connectivity index (χ0) is 13.9. The first-order valence-electron chi connectivity index (χ1n) is 7.80. The van der Waals surface area contributed by atoms with Gasteiger partial charge < -0.3 is 10.6 Å². The van der Waals surface area contributed by atoms with Crippen LogP contribution in [-0.4, -0.2) is 24.5 Å². The van der Waals surface area contributed by atoms with Crippen LogP contribution in [0.2, 0.25) is 0 Å². The molecule has 0 radical (unpaired) electrons. The van der Waals surface area contributed by atoms with E-state index >= 15 is 0 Å². The minimum atomic E-state index is 0.203. The maximum absolute atomic E-state index is 11.5. The number of hydrogen-bond acceptors (Lipinski definition) is 2. The summed E-state index contributed by atoms with van der Waals surface area (Å²) in [5, 5.41) is 6.52. The molecule has 108 valence electrons. The van der Waals surface area contributed by atoms with Crippen molar-refractivity contribution >= 4 is 5.91 Å². The second-order valence-electron chi connectivity index (χ2n) is 6.32. The van der Waals surface area contributed by atoms with Crippen molar-refractivity contribution in [3.63, 3.8) is 0 Å². The van der Waals surface area contributed by atoms with Crippen LogP contribution in [0.15, 0.2) is 24.3 Å². The van der Waals surface area contributed by atoms with Crippen LogP contribution in [0.4, 0.5) is 0 Å². The van der Waals surface area contributed by atoms with Gasteiger partial charge in [0.25, 0.3) is 0 Å². The molecular formula is C17H24N2O. The smallest absolute Gasteiger partial charge is 0.221 e. The monoisotopic (exact) mass is 272 g/mol. The number of carbonyl (C=O) groups excluding carboxylic acids is 1. The SMILES string of the molecule is Cc1ccc(C2CC(NCCC(=O)NC3CC3)C2)cc1. The van der Waals surface area contributed by atoms with Gasteiger partial charge >= 0.3 is 0 Å². The summed E-state index contributed by atoms with van der Waals surface area (Å²) in [4.78, 5) is 11.5. The second kappa shape index (κ2) is 5.96. The summed E-state index contributed by atoms with van der Waals surface area (Å²) < 4.78 is 0. The van der Waals surface area contributed by atoms with Crippen molar-refractivity contribution < 1.29 is 4.79 Å². The van der Waals surface area contributed by atoms with Crippen molar-refractivity contribution in [3.8, 4) is 0 Å². The Hall–Kier alpha value is -1.35. The molecule has 3 heteroatoms. The number of carbonyl (C=O) groups is 1. The fourth-order valence-corrected chi connectivity index (χ4v) is 2.81. The molecule has 0 unspecified atom stereocenters. The van der Waals surface area contributed by atoms with E-state index in [0.717, 1.165) is 6.54 Å². The van der Waals surface area contributed by atoms with Crippen LogP contribution in [0.1, 0.15) is 49.1 Å². The van der Waals surface area contributed by atoms with Gasteiger partial charge in [-0.25, -0.2) is 0 Å². The Bertz CT molecular complexity index is 458. The highest BCUT2D eigenvalue weighted by Crippen LogP contribution is 2.36. The minimum absolute atomic E-state index is 0.203. The molecule has 3 rings (SSSR count). The molecule has 2 aliphatic carbocycles. The first kappa shape index (κ1) is 13.6. The Morgan fingerprint density at radius 2 is 1.85 bits per heavy atom. The molecule has 0 spiro atoms. The van der Waals surface area contributed by atoms with Gasteiger partial charge in [0.05, 0.1) is 0 Å². The van der Waals surface area contributed by atoms with E-state index < -0.39 is 0 Å². The fourth-order valence-electron chi connectivity index (χ4n) is 2.81. The van der Waals surface area contributed by atoms with Gasteiger partial charge in [-0.05, 0) is 44.1 Å². The van der Waals surface area contributed by atoms with Crippen molar-refractivity contribution in [2.24, 2.45) is 0 Å². The van der Waals surface area contributed by atoms with Gasteiger partial charge in [-0.2, -0.15) is 0 Å². The summed E-state index contributed by atoms with van der Waals surface area (Å²) in [6, 6.07) is 9.96. The van der Waals surface area contributed by atoms with Crippen LogP contribution in [0, 0.1) is 6.92 Å². The zero-order valence-electron chi connectivity index (χ0n) is 12.2. The van der Waals surface area contributed by atoms with E-state index in [1.165, 1.54) is 36.8 Å². The highest BCUT2D eigenvalue weighted by Gasteiger charge is 2.29. The number of hydrogen-bond donors (Lipinski definition) is 2. The Kier molecular flexibility index (Phi) is 4.06. The first-order chi connectivity index (χ1) is 9.70. The Morgan fingerprint density at radius 3 is 2.50 bits per heavy atom. The van der Waals surface area contributed by atoms with Crippen LogP contribution in [0.5, 0.6) is 0 Å². The van der Waals surface area contributed by atoms with Crippen molar-refractivity contribution in [2.75, 3.05) is 6.54 Å². The van der Waals surface area contributed by atoms with Crippen LogP contribution >= 0.6 is 0 Å². The van der Waals surface area contributed by atoms with Crippen LogP contribution in [-0.2, 0) is 4.79 Å². The zero-order valence-corrected chi connectivity index (χ0v) is 12.2.